The first-order valence-electron chi connectivity index (χ1n) is 8.94. The summed E-state index contributed by atoms with van der Waals surface area (Å²) in [6.45, 7) is 1.49. The molecule has 0 spiro atoms. The standard InChI is InChI=1S/C21H17F4N3O3/c1-21(11-5-6-13(23)14(24)8-11)17(20(29)30)16(4-3-7-31-2)27-19(28-21)18-15(25)9-12(22)10-26-18/h3-6,8-10H,7H2,1-2H3,(H,27,28)(H,29,30)/b4-3+. The summed E-state index contributed by atoms with van der Waals surface area (Å²) in [5, 5.41) is 12.6. The van der Waals surface area contributed by atoms with Gasteiger partial charge in [-0.05, 0) is 30.7 Å². The number of aliphatic carboxylic acids is 1. The number of carboxylic acid groups (broad SMARTS) is 1. The van der Waals surface area contributed by atoms with Crippen LogP contribution >= 0.6 is 0 Å². The van der Waals surface area contributed by atoms with E-state index in [9.17, 15) is 27.5 Å². The SMILES string of the molecule is COC/C=C/C1=C(C(=O)O)C(C)(c2ccc(F)c(F)c2)N=C(c2ncc(F)cc2F)N1. The van der Waals surface area contributed by atoms with E-state index in [1.165, 1.54) is 32.3 Å². The van der Waals surface area contributed by atoms with Crippen LogP contribution in [0, 0.1) is 23.3 Å². The van der Waals surface area contributed by atoms with Crippen LogP contribution in [0.2, 0.25) is 0 Å². The highest BCUT2D eigenvalue weighted by Gasteiger charge is 2.42. The summed E-state index contributed by atoms with van der Waals surface area (Å²) >= 11 is 0. The lowest BCUT2D eigenvalue weighted by Crippen LogP contribution is -2.41. The zero-order chi connectivity index (χ0) is 22.8. The van der Waals surface area contributed by atoms with Crippen molar-refractivity contribution in [1.29, 1.82) is 0 Å². The number of halogens is 4. The second-order valence-electron chi connectivity index (χ2n) is 6.72. The van der Waals surface area contributed by atoms with Gasteiger partial charge in [0.05, 0.1) is 24.1 Å². The summed E-state index contributed by atoms with van der Waals surface area (Å²) in [6.07, 6.45) is 3.64. The van der Waals surface area contributed by atoms with E-state index in [1.807, 2.05) is 0 Å². The van der Waals surface area contributed by atoms with Crippen molar-refractivity contribution < 1.29 is 32.2 Å². The number of hydrogen-bond acceptors (Lipinski definition) is 5. The number of nitrogens with zero attached hydrogens (tertiary/aromatic N) is 2. The van der Waals surface area contributed by atoms with Crippen molar-refractivity contribution >= 4 is 11.8 Å². The van der Waals surface area contributed by atoms with Crippen LogP contribution in [0.15, 0.2) is 58.9 Å². The number of carboxylic acids is 1. The molecule has 1 atom stereocenters. The van der Waals surface area contributed by atoms with Crippen molar-refractivity contribution in [3.63, 3.8) is 0 Å². The fourth-order valence-corrected chi connectivity index (χ4v) is 3.18. The number of rotatable bonds is 6. The number of hydrogen-bond donors (Lipinski definition) is 2. The molecule has 3 rings (SSSR count). The molecule has 2 heterocycles. The van der Waals surface area contributed by atoms with Crippen LogP contribution in [-0.2, 0) is 15.1 Å². The Balaban J connectivity index is 2.28. The molecular weight excluding hydrogens is 418 g/mol. The molecule has 0 bridgehead atoms. The van der Waals surface area contributed by atoms with E-state index in [0.717, 1.165) is 18.3 Å². The molecule has 10 heteroatoms. The number of aromatic nitrogens is 1. The first-order chi connectivity index (χ1) is 14.7. The molecule has 6 nitrogen and oxygen atoms in total. The Morgan fingerprint density at radius 1 is 1.19 bits per heavy atom. The van der Waals surface area contributed by atoms with Gasteiger partial charge in [0.2, 0.25) is 0 Å². The van der Waals surface area contributed by atoms with E-state index in [0.29, 0.717) is 6.07 Å². The van der Waals surface area contributed by atoms with Gasteiger partial charge in [-0.1, -0.05) is 12.1 Å². The summed E-state index contributed by atoms with van der Waals surface area (Å²) in [6, 6.07) is 3.43. The number of methoxy groups -OCH3 is 1. The maximum absolute atomic E-state index is 14.4. The van der Waals surface area contributed by atoms with E-state index in [1.54, 1.807) is 0 Å². The third kappa shape index (κ3) is 4.33. The number of amidine groups is 1. The van der Waals surface area contributed by atoms with Crippen LogP contribution in [0.1, 0.15) is 18.2 Å². The lowest BCUT2D eigenvalue weighted by molar-refractivity contribution is -0.133. The normalized spacial score (nSPS) is 18.8. The van der Waals surface area contributed by atoms with Gasteiger partial charge in [0, 0.05) is 13.2 Å². The molecule has 1 aromatic carbocycles. The van der Waals surface area contributed by atoms with E-state index in [-0.39, 0.29) is 35.0 Å². The van der Waals surface area contributed by atoms with E-state index < -0.39 is 34.8 Å². The molecule has 0 fully saturated rings. The predicted molar refractivity (Wildman–Crippen MR) is 103 cm³/mol. The maximum Gasteiger partial charge on any atom is 0.336 e. The van der Waals surface area contributed by atoms with Crippen molar-refractivity contribution in [3.8, 4) is 0 Å². The Kier molecular flexibility index (Phi) is 6.21. The van der Waals surface area contributed by atoms with Gasteiger partial charge < -0.3 is 15.2 Å². The van der Waals surface area contributed by atoms with E-state index in [4.69, 9.17) is 4.74 Å². The molecule has 1 aliphatic rings. The van der Waals surface area contributed by atoms with Gasteiger partial charge in [-0.3, -0.25) is 0 Å². The van der Waals surface area contributed by atoms with Gasteiger partial charge in [-0.25, -0.2) is 32.3 Å². The highest BCUT2D eigenvalue weighted by atomic mass is 19.2. The molecule has 162 valence electrons. The molecule has 0 aliphatic carbocycles. The van der Waals surface area contributed by atoms with E-state index >= 15 is 0 Å². The Labute approximate surface area is 174 Å². The van der Waals surface area contributed by atoms with Crippen LogP contribution in [0.3, 0.4) is 0 Å². The largest absolute Gasteiger partial charge is 0.478 e. The van der Waals surface area contributed by atoms with Crippen LogP contribution in [0.5, 0.6) is 0 Å². The third-order valence-electron chi connectivity index (χ3n) is 4.62. The number of benzene rings is 1. The van der Waals surface area contributed by atoms with Crippen molar-refractivity contribution in [2.45, 2.75) is 12.5 Å². The van der Waals surface area contributed by atoms with Crippen LogP contribution in [0.4, 0.5) is 17.6 Å². The number of pyridine rings is 1. The second-order valence-corrected chi connectivity index (χ2v) is 6.72. The molecule has 2 N–H and O–H groups in total. The third-order valence-corrected chi connectivity index (χ3v) is 4.62. The summed E-state index contributed by atoms with van der Waals surface area (Å²) < 4.78 is 60.1. The van der Waals surface area contributed by atoms with Crippen LogP contribution < -0.4 is 5.32 Å². The predicted octanol–water partition coefficient (Wildman–Crippen LogP) is 3.44. The van der Waals surface area contributed by atoms with Gasteiger partial charge in [-0.15, -0.1) is 0 Å². The van der Waals surface area contributed by atoms with Crippen molar-refractivity contribution in [3.05, 3.63) is 88.4 Å². The van der Waals surface area contributed by atoms with Gasteiger partial charge in [0.25, 0.3) is 0 Å². The molecular formula is C21H17F4N3O3. The quantitative estimate of drug-likeness (QED) is 0.680. The monoisotopic (exact) mass is 435 g/mol. The average Bonchev–Trinajstić information content (AvgIpc) is 2.69. The Morgan fingerprint density at radius 2 is 1.94 bits per heavy atom. The summed E-state index contributed by atoms with van der Waals surface area (Å²) in [5.41, 5.74) is -2.46. The molecule has 0 saturated heterocycles. The fraction of sp³-hybridized carbons (Fsp3) is 0.190. The molecule has 0 saturated carbocycles. The fourth-order valence-electron chi connectivity index (χ4n) is 3.18. The smallest absolute Gasteiger partial charge is 0.336 e. The van der Waals surface area contributed by atoms with Crippen molar-refractivity contribution in [2.75, 3.05) is 13.7 Å². The van der Waals surface area contributed by atoms with Gasteiger partial charge in [0.1, 0.15) is 17.1 Å². The van der Waals surface area contributed by atoms with Crippen LogP contribution in [0.25, 0.3) is 0 Å². The Bertz CT molecular complexity index is 1130. The zero-order valence-corrected chi connectivity index (χ0v) is 16.4. The highest BCUT2D eigenvalue weighted by molar-refractivity contribution is 6.03. The molecule has 31 heavy (non-hydrogen) atoms. The average molecular weight is 435 g/mol. The summed E-state index contributed by atoms with van der Waals surface area (Å²) in [5.74, 6) is -5.90. The minimum absolute atomic E-state index is 0.00274. The number of ether oxygens (including phenoxy) is 1. The van der Waals surface area contributed by atoms with Crippen molar-refractivity contribution in [1.82, 2.24) is 10.3 Å². The first kappa shape index (κ1) is 22.2. The summed E-state index contributed by atoms with van der Waals surface area (Å²) in [4.78, 5) is 20.1. The van der Waals surface area contributed by atoms with Gasteiger partial charge in [-0.2, -0.15) is 0 Å². The number of aliphatic imine (C=N–C) groups is 1. The highest BCUT2D eigenvalue weighted by Crippen LogP contribution is 2.39. The molecule has 2 aromatic rings. The molecule has 0 radical (unpaired) electrons. The Morgan fingerprint density at radius 3 is 2.55 bits per heavy atom. The lowest BCUT2D eigenvalue weighted by atomic mass is 9.82. The van der Waals surface area contributed by atoms with Crippen LogP contribution in [-0.4, -0.2) is 35.6 Å². The topological polar surface area (TPSA) is 83.8 Å². The van der Waals surface area contributed by atoms with E-state index in [2.05, 4.69) is 15.3 Å². The van der Waals surface area contributed by atoms with Gasteiger partial charge in [0.15, 0.2) is 23.3 Å². The zero-order valence-electron chi connectivity index (χ0n) is 16.4. The lowest BCUT2D eigenvalue weighted by Gasteiger charge is -2.33. The molecule has 1 aromatic heterocycles. The number of allylic oxidation sites excluding steroid dienone is 1. The Hall–Kier alpha value is -3.53. The maximum atomic E-state index is 14.4. The minimum Gasteiger partial charge on any atom is -0.478 e. The molecule has 0 amide bonds. The van der Waals surface area contributed by atoms with Gasteiger partial charge >= 0.3 is 5.97 Å². The van der Waals surface area contributed by atoms with Crippen molar-refractivity contribution in [2.24, 2.45) is 4.99 Å². The summed E-state index contributed by atoms with van der Waals surface area (Å²) in [7, 11) is 1.43. The molecule has 1 unspecified atom stereocenters. The second kappa shape index (κ2) is 8.68. The number of carbonyl (C=O) groups is 1. The minimum atomic E-state index is -1.77. The first-order valence-corrected chi connectivity index (χ1v) is 8.94. The number of nitrogens with one attached hydrogen (secondary N) is 1. The molecule has 1 aliphatic heterocycles.